The Bertz CT molecular complexity index is 488. The van der Waals surface area contributed by atoms with E-state index in [9.17, 15) is 4.79 Å². The summed E-state index contributed by atoms with van der Waals surface area (Å²) in [6, 6.07) is 7.98. The Kier molecular flexibility index (Phi) is 4.12. The topological polar surface area (TPSA) is 57.8 Å². The van der Waals surface area contributed by atoms with Gasteiger partial charge in [-0.3, -0.25) is 9.89 Å². The van der Waals surface area contributed by atoms with E-state index in [1.807, 2.05) is 12.1 Å². The number of nitrogens with one attached hydrogen (secondary N) is 2. The Morgan fingerprint density at radius 3 is 2.72 bits per heavy atom. The van der Waals surface area contributed by atoms with Crippen LogP contribution in [0.15, 0.2) is 36.7 Å². The molecule has 1 aromatic carbocycles. The van der Waals surface area contributed by atoms with E-state index >= 15 is 0 Å². The SMILES string of the molecule is CCCCc1ccc(NC(=O)c2cn[nH]c2)cc1. The third-order valence-electron chi connectivity index (χ3n) is 2.79. The summed E-state index contributed by atoms with van der Waals surface area (Å²) in [4.78, 5) is 11.8. The first-order valence-corrected chi connectivity index (χ1v) is 6.18. The fraction of sp³-hybridized carbons (Fsp3) is 0.286. The highest BCUT2D eigenvalue weighted by molar-refractivity contribution is 6.03. The molecule has 0 saturated carbocycles. The van der Waals surface area contributed by atoms with Crippen LogP contribution in [-0.4, -0.2) is 16.1 Å². The van der Waals surface area contributed by atoms with Crippen molar-refractivity contribution in [3.05, 3.63) is 47.8 Å². The van der Waals surface area contributed by atoms with Gasteiger partial charge >= 0.3 is 0 Å². The monoisotopic (exact) mass is 243 g/mol. The molecule has 0 fully saturated rings. The van der Waals surface area contributed by atoms with Gasteiger partial charge in [-0.15, -0.1) is 0 Å². The smallest absolute Gasteiger partial charge is 0.258 e. The molecule has 0 bridgehead atoms. The zero-order chi connectivity index (χ0) is 12.8. The molecule has 0 spiro atoms. The van der Waals surface area contributed by atoms with E-state index in [4.69, 9.17) is 0 Å². The molecule has 2 rings (SSSR count). The van der Waals surface area contributed by atoms with Crippen LogP contribution in [0.25, 0.3) is 0 Å². The van der Waals surface area contributed by atoms with Gasteiger partial charge in [-0.1, -0.05) is 25.5 Å². The van der Waals surface area contributed by atoms with Crippen LogP contribution in [0.3, 0.4) is 0 Å². The number of amides is 1. The Morgan fingerprint density at radius 2 is 2.11 bits per heavy atom. The summed E-state index contributed by atoms with van der Waals surface area (Å²) in [5.41, 5.74) is 2.64. The minimum Gasteiger partial charge on any atom is -0.322 e. The summed E-state index contributed by atoms with van der Waals surface area (Å²) < 4.78 is 0. The lowest BCUT2D eigenvalue weighted by atomic mass is 10.1. The van der Waals surface area contributed by atoms with Gasteiger partial charge < -0.3 is 5.32 Å². The fourth-order valence-corrected chi connectivity index (χ4v) is 1.71. The molecule has 0 saturated heterocycles. The molecule has 0 atom stereocenters. The predicted molar refractivity (Wildman–Crippen MR) is 71.6 cm³/mol. The number of aromatic amines is 1. The van der Waals surface area contributed by atoms with Crippen molar-refractivity contribution in [1.29, 1.82) is 0 Å². The lowest BCUT2D eigenvalue weighted by Crippen LogP contribution is -2.10. The normalized spacial score (nSPS) is 10.3. The summed E-state index contributed by atoms with van der Waals surface area (Å²) in [6.07, 6.45) is 6.56. The molecule has 2 aromatic rings. The van der Waals surface area contributed by atoms with E-state index in [1.165, 1.54) is 24.6 Å². The van der Waals surface area contributed by atoms with Gasteiger partial charge in [0.2, 0.25) is 0 Å². The third kappa shape index (κ3) is 3.20. The Hall–Kier alpha value is -2.10. The minimum atomic E-state index is -0.148. The summed E-state index contributed by atoms with van der Waals surface area (Å²) >= 11 is 0. The van der Waals surface area contributed by atoms with Gasteiger partial charge in [0.15, 0.2) is 0 Å². The Morgan fingerprint density at radius 1 is 1.33 bits per heavy atom. The van der Waals surface area contributed by atoms with E-state index in [1.54, 1.807) is 6.20 Å². The minimum absolute atomic E-state index is 0.148. The molecule has 94 valence electrons. The molecule has 0 aliphatic heterocycles. The molecule has 2 N–H and O–H groups in total. The number of carbonyl (C=O) groups excluding carboxylic acids is 1. The number of hydrogen-bond acceptors (Lipinski definition) is 2. The molecule has 1 amide bonds. The summed E-state index contributed by atoms with van der Waals surface area (Å²) in [5.74, 6) is -0.148. The van der Waals surface area contributed by atoms with Gasteiger partial charge in [0.05, 0.1) is 11.8 Å². The number of anilines is 1. The van der Waals surface area contributed by atoms with Crippen LogP contribution in [-0.2, 0) is 6.42 Å². The molecule has 4 heteroatoms. The van der Waals surface area contributed by atoms with Crippen molar-refractivity contribution in [3.63, 3.8) is 0 Å². The number of benzene rings is 1. The average Bonchev–Trinajstić information content (AvgIpc) is 2.92. The number of nitrogens with zero attached hydrogens (tertiary/aromatic N) is 1. The van der Waals surface area contributed by atoms with Crippen LogP contribution in [0.4, 0.5) is 5.69 Å². The van der Waals surface area contributed by atoms with Crippen LogP contribution in [0, 0.1) is 0 Å². The molecule has 0 unspecified atom stereocenters. The molecule has 4 nitrogen and oxygen atoms in total. The first-order chi connectivity index (χ1) is 8.79. The number of H-pyrrole nitrogens is 1. The van der Waals surface area contributed by atoms with Crippen molar-refractivity contribution in [2.45, 2.75) is 26.2 Å². The average molecular weight is 243 g/mol. The lowest BCUT2D eigenvalue weighted by molar-refractivity contribution is 0.102. The van der Waals surface area contributed by atoms with E-state index in [0.29, 0.717) is 5.56 Å². The molecule has 0 aliphatic rings. The molecule has 1 aromatic heterocycles. The molecule has 0 aliphatic carbocycles. The standard InChI is InChI=1S/C14H17N3O/c1-2-3-4-11-5-7-13(8-6-11)17-14(18)12-9-15-16-10-12/h5-10H,2-4H2,1H3,(H,15,16)(H,17,18). The van der Waals surface area contributed by atoms with Gasteiger partial charge in [0.25, 0.3) is 5.91 Å². The van der Waals surface area contributed by atoms with Crippen LogP contribution in [0.5, 0.6) is 0 Å². The van der Waals surface area contributed by atoms with Gasteiger partial charge in [-0.25, -0.2) is 0 Å². The highest BCUT2D eigenvalue weighted by Gasteiger charge is 2.06. The van der Waals surface area contributed by atoms with Crippen LogP contribution in [0.1, 0.15) is 35.7 Å². The van der Waals surface area contributed by atoms with Gasteiger partial charge in [0, 0.05) is 11.9 Å². The molecular weight excluding hydrogens is 226 g/mol. The number of hydrogen-bond donors (Lipinski definition) is 2. The van der Waals surface area contributed by atoms with E-state index < -0.39 is 0 Å². The quantitative estimate of drug-likeness (QED) is 0.848. The highest BCUT2D eigenvalue weighted by atomic mass is 16.1. The maximum absolute atomic E-state index is 11.8. The second kappa shape index (κ2) is 6.00. The zero-order valence-electron chi connectivity index (χ0n) is 10.4. The maximum Gasteiger partial charge on any atom is 0.258 e. The number of carbonyl (C=O) groups is 1. The maximum atomic E-state index is 11.8. The van der Waals surface area contributed by atoms with E-state index in [0.717, 1.165) is 12.1 Å². The van der Waals surface area contributed by atoms with Crippen molar-refractivity contribution < 1.29 is 4.79 Å². The number of rotatable bonds is 5. The molecular formula is C14H17N3O. The number of aromatic nitrogens is 2. The van der Waals surface area contributed by atoms with Crippen LogP contribution < -0.4 is 5.32 Å². The van der Waals surface area contributed by atoms with E-state index in [2.05, 4.69) is 34.6 Å². The van der Waals surface area contributed by atoms with Crippen molar-refractivity contribution in [2.75, 3.05) is 5.32 Å². The number of aryl methyl sites for hydroxylation is 1. The van der Waals surface area contributed by atoms with Crippen molar-refractivity contribution in [3.8, 4) is 0 Å². The van der Waals surface area contributed by atoms with Crippen molar-refractivity contribution in [1.82, 2.24) is 10.2 Å². The largest absolute Gasteiger partial charge is 0.322 e. The fourth-order valence-electron chi connectivity index (χ4n) is 1.71. The molecule has 18 heavy (non-hydrogen) atoms. The third-order valence-corrected chi connectivity index (χ3v) is 2.79. The van der Waals surface area contributed by atoms with Crippen LogP contribution >= 0.6 is 0 Å². The van der Waals surface area contributed by atoms with Crippen LogP contribution in [0.2, 0.25) is 0 Å². The molecule has 0 radical (unpaired) electrons. The van der Waals surface area contributed by atoms with Crippen molar-refractivity contribution >= 4 is 11.6 Å². The van der Waals surface area contributed by atoms with Gasteiger partial charge in [-0.2, -0.15) is 5.10 Å². The Labute approximate surface area is 106 Å². The lowest BCUT2D eigenvalue weighted by Gasteiger charge is -2.05. The highest BCUT2D eigenvalue weighted by Crippen LogP contribution is 2.12. The summed E-state index contributed by atoms with van der Waals surface area (Å²) in [5, 5.41) is 9.19. The summed E-state index contributed by atoms with van der Waals surface area (Å²) in [6.45, 7) is 2.18. The molecule has 1 heterocycles. The second-order valence-corrected chi connectivity index (χ2v) is 4.24. The predicted octanol–water partition coefficient (Wildman–Crippen LogP) is 3.00. The van der Waals surface area contributed by atoms with Gasteiger partial charge in [-0.05, 0) is 30.5 Å². The number of unbranched alkanes of at least 4 members (excludes halogenated alkanes) is 1. The van der Waals surface area contributed by atoms with Crippen molar-refractivity contribution in [2.24, 2.45) is 0 Å². The zero-order valence-corrected chi connectivity index (χ0v) is 10.4. The van der Waals surface area contributed by atoms with E-state index in [-0.39, 0.29) is 5.91 Å². The first-order valence-electron chi connectivity index (χ1n) is 6.18. The van der Waals surface area contributed by atoms with Gasteiger partial charge in [0.1, 0.15) is 0 Å². The Balaban J connectivity index is 1.96. The first kappa shape index (κ1) is 12.4. The summed E-state index contributed by atoms with van der Waals surface area (Å²) in [7, 11) is 0. The second-order valence-electron chi connectivity index (χ2n) is 4.24.